The van der Waals surface area contributed by atoms with Gasteiger partial charge in [0.25, 0.3) is 0 Å². The second-order valence-corrected chi connectivity index (χ2v) is 5.63. The monoisotopic (exact) mass is 292 g/mol. The van der Waals surface area contributed by atoms with Gasteiger partial charge in [-0.1, -0.05) is 0 Å². The first-order chi connectivity index (χ1) is 9.63. The molecule has 0 bridgehead atoms. The van der Waals surface area contributed by atoms with E-state index in [2.05, 4.69) is 22.6 Å². The van der Waals surface area contributed by atoms with Crippen molar-refractivity contribution in [2.75, 3.05) is 14.2 Å². The molecule has 0 aliphatic rings. The van der Waals surface area contributed by atoms with Crippen molar-refractivity contribution in [3.05, 3.63) is 39.8 Å². The van der Waals surface area contributed by atoms with Gasteiger partial charge >= 0.3 is 0 Å². The number of methoxy groups -OCH3 is 2. The highest BCUT2D eigenvalue weighted by Crippen LogP contribution is 2.29. The molecule has 5 heteroatoms. The smallest absolute Gasteiger partial charge is 0.123 e. The van der Waals surface area contributed by atoms with Crippen molar-refractivity contribution in [2.45, 2.75) is 26.4 Å². The van der Waals surface area contributed by atoms with Crippen molar-refractivity contribution < 1.29 is 9.47 Å². The van der Waals surface area contributed by atoms with Gasteiger partial charge < -0.3 is 14.8 Å². The zero-order valence-corrected chi connectivity index (χ0v) is 13.1. The van der Waals surface area contributed by atoms with Crippen LogP contribution in [0.4, 0.5) is 0 Å². The molecule has 2 rings (SSSR count). The van der Waals surface area contributed by atoms with Crippen LogP contribution in [0.2, 0.25) is 0 Å². The average molecular weight is 292 g/mol. The maximum Gasteiger partial charge on any atom is 0.123 e. The molecule has 2 aromatic rings. The predicted octanol–water partition coefficient (Wildman–Crippen LogP) is 3.32. The van der Waals surface area contributed by atoms with Crippen LogP contribution in [-0.4, -0.2) is 19.2 Å². The number of ether oxygens (including phenoxy) is 2. The summed E-state index contributed by atoms with van der Waals surface area (Å²) in [5, 5.41) is 6.64. The van der Waals surface area contributed by atoms with E-state index in [4.69, 9.17) is 9.47 Å². The largest absolute Gasteiger partial charge is 0.497 e. The van der Waals surface area contributed by atoms with Gasteiger partial charge in [-0.05, 0) is 32.0 Å². The fraction of sp³-hybridized carbons (Fsp3) is 0.400. The summed E-state index contributed by atoms with van der Waals surface area (Å²) in [6.45, 7) is 4.87. The Morgan fingerprint density at radius 2 is 2.10 bits per heavy atom. The maximum absolute atomic E-state index is 5.41. The molecule has 1 heterocycles. The van der Waals surface area contributed by atoms with Crippen LogP contribution in [0.1, 0.15) is 29.2 Å². The standard InChI is InChI=1S/C15H20N2O2S/c1-10(16-8-12-9-20-11(2)17-12)14-7-13(18-3)5-6-15(14)19-4/h5-7,9-10,16H,8H2,1-4H3. The second-order valence-electron chi connectivity index (χ2n) is 4.57. The van der Waals surface area contributed by atoms with Crippen molar-refractivity contribution in [1.29, 1.82) is 0 Å². The number of benzene rings is 1. The van der Waals surface area contributed by atoms with E-state index < -0.39 is 0 Å². The third-order valence-corrected chi connectivity index (χ3v) is 3.98. The van der Waals surface area contributed by atoms with E-state index in [1.807, 2.05) is 25.1 Å². The molecular weight excluding hydrogens is 272 g/mol. The molecule has 0 saturated carbocycles. The molecule has 1 N–H and O–H groups in total. The van der Waals surface area contributed by atoms with Gasteiger partial charge in [-0.15, -0.1) is 11.3 Å². The molecule has 0 amide bonds. The number of rotatable bonds is 6. The number of hydrogen-bond donors (Lipinski definition) is 1. The van der Waals surface area contributed by atoms with Gasteiger partial charge in [0.1, 0.15) is 11.5 Å². The molecule has 0 aliphatic heterocycles. The topological polar surface area (TPSA) is 43.4 Å². The Bertz CT molecular complexity index is 569. The Morgan fingerprint density at radius 3 is 2.70 bits per heavy atom. The average Bonchev–Trinajstić information content (AvgIpc) is 2.89. The number of thiazole rings is 1. The first-order valence-electron chi connectivity index (χ1n) is 6.50. The summed E-state index contributed by atoms with van der Waals surface area (Å²) < 4.78 is 10.7. The third-order valence-electron chi connectivity index (χ3n) is 3.16. The lowest BCUT2D eigenvalue weighted by Gasteiger charge is -2.17. The summed E-state index contributed by atoms with van der Waals surface area (Å²) in [5.41, 5.74) is 2.15. The molecule has 0 saturated heterocycles. The maximum atomic E-state index is 5.41. The quantitative estimate of drug-likeness (QED) is 0.887. The Kier molecular flexibility index (Phi) is 4.98. The lowest BCUT2D eigenvalue weighted by molar-refractivity contribution is 0.391. The highest BCUT2D eigenvalue weighted by Gasteiger charge is 2.13. The molecule has 1 aromatic heterocycles. The number of nitrogens with one attached hydrogen (secondary N) is 1. The number of hydrogen-bond acceptors (Lipinski definition) is 5. The van der Waals surface area contributed by atoms with Gasteiger partial charge in [0, 0.05) is 23.5 Å². The lowest BCUT2D eigenvalue weighted by atomic mass is 10.1. The highest BCUT2D eigenvalue weighted by molar-refractivity contribution is 7.09. The van der Waals surface area contributed by atoms with Gasteiger partial charge in [-0.3, -0.25) is 0 Å². The van der Waals surface area contributed by atoms with Crippen molar-refractivity contribution >= 4 is 11.3 Å². The van der Waals surface area contributed by atoms with Gasteiger partial charge in [0.15, 0.2) is 0 Å². The number of aromatic nitrogens is 1. The van der Waals surface area contributed by atoms with Gasteiger partial charge in [-0.2, -0.15) is 0 Å². The van der Waals surface area contributed by atoms with Crippen LogP contribution in [0.25, 0.3) is 0 Å². The van der Waals surface area contributed by atoms with Crippen molar-refractivity contribution in [3.63, 3.8) is 0 Å². The fourth-order valence-electron chi connectivity index (χ4n) is 2.03. The molecule has 1 atom stereocenters. The lowest BCUT2D eigenvalue weighted by Crippen LogP contribution is -2.19. The zero-order chi connectivity index (χ0) is 14.5. The van der Waals surface area contributed by atoms with E-state index in [-0.39, 0.29) is 6.04 Å². The van der Waals surface area contributed by atoms with Crippen molar-refractivity contribution in [3.8, 4) is 11.5 Å². The molecular formula is C15H20N2O2S. The van der Waals surface area contributed by atoms with Gasteiger partial charge in [0.2, 0.25) is 0 Å². The normalized spacial score (nSPS) is 12.2. The van der Waals surface area contributed by atoms with Crippen molar-refractivity contribution in [2.24, 2.45) is 0 Å². The van der Waals surface area contributed by atoms with Crippen LogP contribution in [0.15, 0.2) is 23.6 Å². The zero-order valence-electron chi connectivity index (χ0n) is 12.3. The molecule has 1 aromatic carbocycles. The minimum absolute atomic E-state index is 0.155. The first-order valence-corrected chi connectivity index (χ1v) is 7.38. The minimum atomic E-state index is 0.155. The summed E-state index contributed by atoms with van der Waals surface area (Å²) in [6, 6.07) is 5.99. The van der Waals surface area contributed by atoms with Crippen molar-refractivity contribution in [1.82, 2.24) is 10.3 Å². The Morgan fingerprint density at radius 1 is 1.30 bits per heavy atom. The molecule has 108 valence electrons. The fourth-order valence-corrected chi connectivity index (χ4v) is 2.65. The van der Waals surface area contributed by atoms with Crippen LogP contribution >= 0.6 is 11.3 Å². The predicted molar refractivity (Wildman–Crippen MR) is 81.7 cm³/mol. The minimum Gasteiger partial charge on any atom is -0.497 e. The molecule has 4 nitrogen and oxygen atoms in total. The van der Waals surface area contributed by atoms with Crippen LogP contribution < -0.4 is 14.8 Å². The summed E-state index contributed by atoms with van der Waals surface area (Å²) in [4.78, 5) is 4.45. The Hall–Kier alpha value is -1.59. The van der Waals surface area contributed by atoms with Gasteiger partial charge in [0.05, 0.1) is 24.9 Å². The van der Waals surface area contributed by atoms with Crippen LogP contribution in [0.5, 0.6) is 11.5 Å². The van der Waals surface area contributed by atoms with E-state index in [1.165, 1.54) is 0 Å². The van der Waals surface area contributed by atoms with Crippen LogP contribution in [0, 0.1) is 6.92 Å². The molecule has 0 aliphatic carbocycles. The SMILES string of the molecule is COc1ccc(OC)c(C(C)NCc2csc(C)n2)c1. The van der Waals surface area contributed by atoms with E-state index in [9.17, 15) is 0 Å². The van der Waals surface area contributed by atoms with E-state index in [1.54, 1.807) is 25.6 Å². The third kappa shape index (κ3) is 3.49. The Balaban J connectivity index is 2.09. The molecule has 1 unspecified atom stereocenters. The summed E-state index contributed by atoms with van der Waals surface area (Å²) in [6.07, 6.45) is 0. The summed E-state index contributed by atoms with van der Waals surface area (Å²) in [7, 11) is 3.35. The number of nitrogens with zero attached hydrogens (tertiary/aromatic N) is 1. The van der Waals surface area contributed by atoms with Crippen LogP contribution in [-0.2, 0) is 6.54 Å². The molecule has 0 fully saturated rings. The first kappa shape index (κ1) is 14.8. The Labute approximate surface area is 123 Å². The van der Waals surface area contributed by atoms with Crippen LogP contribution in [0.3, 0.4) is 0 Å². The summed E-state index contributed by atoms with van der Waals surface area (Å²) >= 11 is 1.67. The van der Waals surface area contributed by atoms with E-state index >= 15 is 0 Å². The van der Waals surface area contributed by atoms with Gasteiger partial charge in [-0.25, -0.2) is 4.98 Å². The number of aryl methyl sites for hydroxylation is 1. The molecule has 0 spiro atoms. The molecule has 0 radical (unpaired) electrons. The molecule has 20 heavy (non-hydrogen) atoms. The highest BCUT2D eigenvalue weighted by atomic mass is 32.1. The summed E-state index contributed by atoms with van der Waals surface area (Å²) in [5.74, 6) is 1.69. The van der Waals surface area contributed by atoms with E-state index in [0.717, 1.165) is 34.3 Å². The second kappa shape index (κ2) is 6.72. The van der Waals surface area contributed by atoms with E-state index in [0.29, 0.717) is 0 Å².